The lowest BCUT2D eigenvalue weighted by Gasteiger charge is -2.17. The minimum absolute atomic E-state index is 0.271. The highest BCUT2D eigenvalue weighted by molar-refractivity contribution is 14.1. The zero-order chi connectivity index (χ0) is 8.04. The van der Waals surface area contributed by atoms with Crippen molar-refractivity contribution < 1.29 is 4.74 Å². The van der Waals surface area contributed by atoms with Crippen LogP contribution in [0.1, 0.15) is 13.8 Å². The maximum absolute atomic E-state index is 5.43. The van der Waals surface area contributed by atoms with Gasteiger partial charge in [-0.3, -0.25) is 0 Å². The SMILES string of the molecule is CC(C)(C#CI)OCCI. The van der Waals surface area contributed by atoms with E-state index in [1.165, 1.54) is 0 Å². The molecular weight excluding hydrogens is 354 g/mol. The number of hydrogen-bond acceptors (Lipinski definition) is 1. The van der Waals surface area contributed by atoms with Gasteiger partial charge in [-0.05, 0) is 17.8 Å². The van der Waals surface area contributed by atoms with Crippen LogP contribution in [0, 0.1) is 9.85 Å². The number of rotatable bonds is 3. The van der Waals surface area contributed by atoms with Gasteiger partial charge in [-0.25, -0.2) is 0 Å². The molecule has 10 heavy (non-hydrogen) atoms. The van der Waals surface area contributed by atoms with Gasteiger partial charge in [0, 0.05) is 27.0 Å². The first kappa shape index (κ1) is 11.0. The van der Waals surface area contributed by atoms with Crippen LogP contribution in [0.25, 0.3) is 0 Å². The lowest BCUT2D eigenvalue weighted by molar-refractivity contribution is 0.0392. The lowest BCUT2D eigenvalue weighted by Crippen LogP contribution is -2.22. The standard InChI is InChI=1S/C7H10I2O/c1-7(2,3-4-8)10-6-5-9/h5-6H2,1-2H3. The minimum Gasteiger partial charge on any atom is -0.362 e. The molecule has 0 spiro atoms. The molecule has 0 saturated carbocycles. The topological polar surface area (TPSA) is 9.23 Å². The van der Waals surface area contributed by atoms with Gasteiger partial charge in [0.15, 0.2) is 0 Å². The van der Waals surface area contributed by atoms with Gasteiger partial charge >= 0.3 is 0 Å². The molecule has 0 aromatic rings. The van der Waals surface area contributed by atoms with E-state index in [4.69, 9.17) is 4.74 Å². The fourth-order valence-corrected chi connectivity index (χ4v) is 1.31. The van der Waals surface area contributed by atoms with E-state index < -0.39 is 0 Å². The molecule has 0 N–H and O–H groups in total. The second-order valence-corrected chi connectivity index (χ2v) is 3.89. The smallest absolute Gasteiger partial charge is 0.123 e. The fraction of sp³-hybridized carbons (Fsp3) is 0.714. The van der Waals surface area contributed by atoms with Crippen LogP contribution in [0.15, 0.2) is 0 Å². The van der Waals surface area contributed by atoms with Gasteiger partial charge in [-0.2, -0.15) is 0 Å². The molecule has 0 bridgehead atoms. The van der Waals surface area contributed by atoms with Crippen LogP contribution in [0.4, 0.5) is 0 Å². The molecule has 0 unspecified atom stereocenters. The number of hydrogen-bond donors (Lipinski definition) is 0. The normalized spacial score (nSPS) is 10.4. The van der Waals surface area contributed by atoms with Crippen molar-refractivity contribution in [3.8, 4) is 9.85 Å². The quantitative estimate of drug-likeness (QED) is 0.425. The number of alkyl halides is 1. The van der Waals surface area contributed by atoms with E-state index in [9.17, 15) is 0 Å². The third kappa shape index (κ3) is 5.74. The molecule has 1 nitrogen and oxygen atoms in total. The third-order valence-electron chi connectivity index (χ3n) is 0.888. The van der Waals surface area contributed by atoms with Gasteiger partial charge in [0.25, 0.3) is 0 Å². The maximum Gasteiger partial charge on any atom is 0.123 e. The first-order valence-corrected chi connectivity index (χ1v) is 5.55. The van der Waals surface area contributed by atoms with Crippen LogP contribution < -0.4 is 0 Å². The van der Waals surface area contributed by atoms with E-state index in [2.05, 4.69) is 32.4 Å². The highest BCUT2D eigenvalue weighted by Gasteiger charge is 2.12. The van der Waals surface area contributed by atoms with Gasteiger partial charge in [0.05, 0.1) is 6.61 Å². The molecule has 0 amide bonds. The molecule has 0 aliphatic heterocycles. The Labute approximate surface area is 89.6 Å². The van der Waals surface area contributed by atoms with Crippen molar-refractivity contribution in [1.82, 2.24) is 0 Å². The summed E-state index contributed by atoms with van der Waals surface area (Å²) in [5.74, 6) is 2.97. The Morgan fingerprint density at radius 3 is 2.50 bits per heavy atom. The Hall–Kier alpha value is 0.980. The maximum atomic E-state index is 5.43. The average Bonchev–Trinajstić information content (AvgIpc) is 1.84. The molecule has 0 radical (unpaired) electrons. The largest absolute Gasteiger partial charge is 0.362 e. The molecule has 0 aliphatic carbocycles. The van der Waals surface area contributed by atoms with E-state index in [1.54, 1.807) is 0 Å². The molecule has 0 rings (SSSR count). The van der Waals surface area contributed by atoms with Crippen LogP contribution in [0.2, 0.25) is 0 Å². The fourth-order valence-electron chi connectivity index (χ4n) is 0.444. The summed E-state index contributed by atoms with van der Waals surface area (Å²) in [5, 5.41) is 0. The Bertz CT molecular complexity index is 143. The molecular formula is C7H10I2O. The first-order chi connectivity index (χ1) is 4.62. The predicted octanol–water partition coefficient (Wildman–Crippen LogP) is 2.61. The summed E-state index contributed by atoms with van der Waals surface area (Å²) >= 11 is 4.30. The zero-order valence-corrected chi connectivity index (χ0v) is 10.4. The van der Waals surface area contributed by atoms with Crippen LogP contribution in [0.5, 0.6) is 0 Å². The number of halogens is 2. The van der Waals surface area contributed by atoms with Crippen molar-refractivity contribution in [1.29, 1.82) is 0 Å². The molecule has 0 heterocycles. The molecule has 0 atom stereocenters. The van der Waals surface area contributed by atoms with Gasteiger partial charge < -0.3 is 4.74 Å². The van der Waals surface area contributed by atoms with Crippen molar-refractivity contribution in [3.05, 3.63) is 0 Å². The summed E-state index contributed by atoms with van der Waals surface area (Å²) < 4.78 is 9.26. The second-order valence-electron chi connectivity index (χ2n) is 2.27. The predicted molar refractivity (Wildman–Crippen MR) is 60.7 cm³/mol. The summed E-state index contributed by atoms with van der Waals surface area (Å²) in [6, 6.07) is 0. The highest BCUT2D eigenvalue weighted by atomic mass is 127. The van der Waals surface area contributed by atoms with Gasteiger partial charge in [0.1, 0.15) is 5.60 Å². The van der Waals surface area contributed by atoms with Crippen LogP contribution in [-0.2, 0) is 4.74 Å². The molecule has 0 saturated heterocycles. The molecule has 0 aromatic carbocycles. The Balaban J connectivity index is 3.71. The summed E-state index contributed by atoms with van der Waals surface area (Å²) in [6.45, 7) is 4.73. The van der Waals surface area contributed by atoms with Gasteiger partial charge in [0.2, 0.25) is 0 Å². The monoisotopic (exact) mass is 364 g/mol. The summed E-state index contributed by atoms with van der Waals surface area (Å²) in [5.41, 5.74) is -0.271. The van der Waals surface area contributed by atoms with Gasteiger partial charge in [-0.15, -0.1) is 0 Å². The van der Waals surface area contributed by atoms with E-state index in [-0.39, 0.29) is 5.60 Å². The second kappa shape index (κ2) is 5.61. The first-order valence-electron chi connectivity index (χ1n) is 2.95. The van der Waals surface area contributed by atoms with Crippen molar-refractivity contribution in [2.24, 2.45) is 0 Å². The summed E-state index contributed by atoms with van der Waals surface area (Å²) in [7, 11) is 0. The molecule has 3 heteroatoms. The lowest BCUT2D eigenvalue weighted by atomic mass is 10.1. The van der Waals surface area contributed by atoms with Gasteiger partial charge in [-0.1, -0.05) is 28.5 Å². The average molecular weight is 364 g/mol. The molecule has 0 aromatic heterocycles. The Morgan fingerprint density at radius 2 is 2.10 bits per heavy atom. The van der Waals surface area contributed by atoms with Crippen LogP contribution in [-0.4, -0.2) is 16.6 Å². The highest BCUT2D eigenvalue weighted by Crippen LogP contribution is 2.07. The Morgan fingerprint density at radius 1 is 1.50 bits per heavy atom. The van der Waals surface area contributed by atoms with Crippen LogP contribution >= 0.6 is 45.2 Å². The summed E-state index contributed by atoms with van der Waals surface area (Å²) in [6.07, 6.45) is 0. The van der Waals surface area contributed by atoms with Crippen molar-refractivity contribution in [2.45, 2.75) is 19.4 Å². The van der Waals surface area contributed by atoms with Crippen molar-refractivity contribution >= 4 is 45.2 Å². The molecule has 0 aliphatic rings. The van der Waals surface area contributed by atoms with E-state index in [0.717, 1.165) is 11.0 Å². The minimum atomic E-state index is -0.271. The summed E-state index contributed by atoms with van der Waals surface area (Å²) in [4.78, 5) is 0. The number of ether oxygens (including phenoxy) is 1. The molecule has 0 fully saturated rings. The van der Waals surface area contributed by atoms with Crippen LogP contribution in [0.3, 0.4) is 0 Å². The van der Waals surface area contributed by atoms with Crippen molar-refractivity contribution in [3.63, 3.8) is 0 Å². The zero-order valence-electron chi connectivity index (χ0n) is 6.08. The Kier molecular flexibility index (Phi) is 6.16. The van der Waals surface area contributed by atoms with E-state index >= 15 is 0 Å². The third-order valence-corrected chi connectivity index (χ3v) is 1.60. The van der Waals surface area contributed by atoms with Crippen molar-refractivity contribution in [2.75, 3.05) is 11.0 Å². The van der Waals surface area contributed by atoms with E-state index in [0.29, 0.717) is 0 Å². The molecule has 58 valence electrons. The van der Waals surface area contributed by atoms with E-state index in [1.807, 2.05) is 36.4 Å².